The molecule has 2 aromatic carbocycles. The quantitative estimate of drug-likeness (QED) is 0.569. The number of nitrogen functional groups attached to an aromatic ring is 1. The predicted molar refractivity (Wildman–Crippen MR) is 106 cm³/mol. The summed E-state index contributed by atoms with van der Waals surface area (Å²) in [5, 5.41) is 1.05. The third-order valence-electron chi connectivity index (χ3n) is 4.91. The first-order valence-electron chi connectivity index (χ1n) is 8.91. The van der Waals surface area contributed by atoms with E-state index >= 15 is 0 Å². The molecule has 0 amide bonds. The van der Waals surface area contributed by atoms with E-state index in [0.29, 0.717) is 5.92 Å². The van der Waals surface area contributed by atoms with E-state index in [1.165, 1.54) is 0 Å². The van der Waals surface area contributed by atoms with Crippen LogP contribution in [0.4, 0.5) is 11.6 Å². The standard InChI is InChI=1S/C21H18N6/c22-17-6-3-5-14(10-17)19-20(24-9-8-23-19)16-12-27(13-16)21-25-11-15-4-1-2-7-18(15)26-21/h1-11,16H,12-13,22H2. The number of hydrogen-bond donors (Lipinski definition) is 1. The number of fused-ring (bicyclic) bond motifs is 1. The molecule has 0 radical (unpaired) electrons. The number of anilines is 2. The molecule has 0 spiro atoms. The minimum atomic E-state index is 0.296. The van der Waals surface area contributed by atoms with Crippen molar-refractivity contribution in [2.45, 2.75) is 5.92 Å². The Hall–Kier alpha value is -3.54. The first-order valence-corrected chi connectivity index (χ1v) is 8.91. The first kappa shape index (κ1) is 15.7. The van der Waals surface area contributed by atoms with E-state index in [1.807, 2.05) is 54.7 Å². The van der Waals surface area contributed by atoms with Crippen LogP contribution in [0.5, 0.6) is 0 Å². The summed E-state index contributed by atoms with van der Waals surface area (Å²) in [7, 11) is 0. The molecule has 1 fully saturated rings. The molecular formula is C21H18N6. The average molecular weight is 354 g/mol. The lowest BCUT2D eigenvalue weighted by atomic mass is 9.92. The van der Waals surface area contributed by atoms with Crippen LogP contribution in [-0.2, 0) is 0 Å². The third kappa shape index (κ3) is 2.85. The van der Waals surface area contributed by atoms with Crippen LogP contribution >= 0.6 is 0 Å². The molecule has 0 saturated carbocycles. The Morgan fingerprint density at radius 2 is 1.78 bits per heavy atom. The van der Waals surface area contributed by atoms with Crippen molar-refractivity contribution in [3.8, 4) is 11.3 Å². The number of nitrogens with zero attached hydrogens (tertiary/aromatic N) is 5. The van der Waals surface area contributed by atoms with Crippen molar-refractivity contribution in [1.82, 2.24) is 19.9 Å². The summed E-state index contributed by atoms with van der Waals surface area (Å²) in [5.41, 5.74) is 10.5. The maximum Gasteiger partial charge on any atom is 0.225 e. The van der Waals surface area contributed by atoms with Gasteiger partial charge in [-0.05, 0) is 18.2 Å². The lowest BCUT2D eigenvalue weighted by Gasteiger charge is -2.39. The van der Waals surface area contributed by atoms with Crippen LogP contribution in [0.15, 0.2) is 67.1 Å². The van der Waals surface area contributed by atoms with Crippen LogP contribution in [0.25, 0.3) is 22.2 Å². The van der Waals surface area contributed by atoms with Crippen molar-refractivity contribution in [3.63, 3.8) is 0 Å². The monoisotopic (exact) mass is 354 g/mol. The van der Waals surface area contributed by atoms with Crippen molar-refractivity contribution < 1.29 is 0 Å². The maximum absolute atomic E-state index is 5.94. The fourth-order valence-electron chi connectivity index (χ4n) is 3.49. The molecule has 2 N–H and O–H groups in total. The molecule has 132 valence electrons. The highest BCUT2D eigenvalue weighted by molar-refractivity contribution is 5.78. The lowest BCUT2D eigenvalue weighted by Crippen LogP contribution is -2.46. The number of benzene rings is 2. The largest absolute Gasteiger partial charge is 0.399 e. The molecule has 2 aromatic heterocycles. The van der Waals surface area contributed by atoms with Gasteiger partial charge < -0.3 is 10.6 Å². The molecule has 4 aromatic rings. The summed E-state index contributed by atoms with van der Waals surface area (Å²) in [4.78, 5) is 20.5. The predicted octanol–water partition coefficient (Wildman–Crippen LogP) is 3.27. The van der Waals surface area contributed by atoms with Crippen molar-refractivity contribution in [2.75, 3.05) is 23.7 Å². The van der Waals surface area contributed by atoms with E-state index in [1.54, 1.807) is 12.4 Å². The van der Waals surface area contributed by atoms with Crippen LogP contribution in [-0.4, -0.2) is 33.0 Å². The molecule has 3 heterocycles. The molecule has 0 aliphatic carbocycles. The highest BCUT2D eigenvalue weighted by atomic mass is 15.3. The fourth-order valence-corrected chi connectivity index (χ4v) is 3.49. The van der Waals surface area contributed by atoms with E-state index in [-0.39, 0.29) is 0 Å². The van der Waals surface area contributed by atoms with Gasteiger partial charge >= 0.3 is 0 Å². The van der Waals surface area contributed by atoms with Crippen LogP contribution in [0.3, 0.4) is 0 Å². The van der Waals surface area contributed by atoms with Crippen LogP contribution in [0.1, 0.15) is 11.6 Å². The smallest absolute Gasteiger partial charge is 0.225 e. The number of para-hydroxylation sites is 1. The van der Waals surface area contributed by atoms with Gasteiger partial charge in [0.15, 0.2) is 0 Å². The Morgan fingerprint density at radius 3 is 2.67 bits per heavy atom. The Labute approximate surface area is 156 Å². The van der Waals surface area contributed by atoms with Gasteiger partial charge in [0.25, 0.3) is 0 Å². The third-order valence-corrected chi connectivity index (χ3v) is 4.91. The zero-order valence-electron chi connectivity index (χ0n) is 14.7. The van der Waals surface area contributed by atoms with E-state index in [0.717, 1.165) is 52.6 Å². The summed E-state index contributed by atoms with van der Waals surface area (Å²) in [6, 6.07) is 15.8. The molecular weight excluding hydrogens is 336 g/mol. The number of hydrogen-bond acceptors (Lipinski definition) is 6. The van der Waals surface area contributed by atoms with Gasteiger partial charge in [-0.15, -0.1) is 0 Å². The zero-order valence-corrected chi connectivity index (χ0v) is 14.7. The molecule has 6 heteroatoms. The molecule has 5 rings (SSSR count). The lowest BCUT2D eigenvalue weighted by molar-refractivity contribution is 0.504. The maximum atomic E-state index is 5.94. The highest BCUT2D eigenvalue weighted by Crippen LogP contribution is 2.34. The summed E-state index contributed by atoms with van der Waals surface area (Å²) in [6.45, 7) is 1.65. The Balaban J connectivity index is 1.40. The summed E-state index contributed by atoms with van der Waals surface area (Å²) in [5.74, 6) is 1.06. The minimum Gasteiger partial charge on any atom is -0.399 e. The minimum absolute atomic E-state index is 0.296. The second kappa shape index (κ2) is 6.32. The molecule has 0 unspecified atom stereocenters. The molecule has 0 bridgehead atoms. The SMILES string of the molecule is Nc1cccc(-c2nccnc2C2CN(c3ncc4ccccc4n3)C2)c1. The van der Waals surface area contributed by atoms with E-state index in [4.69, 9.17) is 5.73 Å². The van der Waals surface area contributed by atoms with Crippen molar-refractivity contribution in [3.05, 3.63) is 72.8 Å². The van der Waals surface area contributed by atoms with Gasteiger partial charge in [-0.2, -0.15) is 0 Å². The molecule has 0 atom stereocenters. The average Bonchev–Trinajstić information content (AvgIpc) is 2.67. The normalized spacial score (nSPS) is 14.3. The van der Waals surface area contributed by atoms with Gasteiger partial charge in [0, 0.05) is 54.2 Å². The Bertz CT molecular complexity index is 1120. The van der Waals surface area contributed by atoms with Gasteiger partial charge in [-0.3, -0.25) is 9.97 Å². The Kier molecular flexibility index (Phi) is 3.67. The van der Waals surface area contributed by atoms with E-state index < -0.39 is 0 Å². The van der Waals surface area contributed by atoms with Crippen LogP contribution < -0.4 is 10.6 Å². The number of aromatic nitrogens is 4. The van der Waals surface area contributed by atoms with Crippen LogP contribution in [0, 0.1) is 0 Å². The van der Waals surface area contributed by atoms with E-state index in [9.17, 15) is 0 Å². The highest BCUT2D eigenvalue weighted by Gasteiger charge is 2.33. The van der Waals surface area contributed by atoms with Crippen LogP contribution in [0.2, 0.25) is 0 Å². The van der Waals surface area contributed by atoms with E-state index in [2.05, 4.69) is 24.8 Å². The van der Waals surface area contributed by atoms with Crippen molar-refractivity contribution >= 4 is 22.5 Å². The summed E-state index contributed by atoms with van der Waals surface area (Å²) in [6.07, 6.45) is 5.36. The topological polar surface area (TPSA) is 80.8 Å². The van der Waals surface area contributed by atoms with Gasteiger partial charge in [-0.25, -0.2) is 9.97 Å². The second-order valence-corrected chi connectivity index (χ2v) is 6.75. The molecule has 6 nitrogen and oxygen atoms in total. The van der Waals surface area contributed by atoms with Crippen molar-refractivity contribution in [2.24, 2.45) is 0 Å². The number of rotatable bonds is 3. The van der Waals surface area contributed by atoms with Gasteiger partial charge in [0.2, 0.25) is 5.95 Å². The molecule has 27 heavy (non-hydrogen) atoms. The zero-order chi connectivity index (χ0) is 18.2. The molecule has 1 aliphatic heterocycles. The second-order valence-electron chi connectivity index (χ2n) is 6.75. The van der Waals surface area contributed by atoms with Gasteiger partial charge in [-0.1, -0.05) is 30.3 Å². The van der Waals surface area contributed by atoms with Gasteiger partial charge in [0.1, 0.15) is 0 Å². The Morgan fingerprint density at radius 1 is 0.926 bits per heavy atom. The van der Waals surface area contributed by atoms with Gasteiger partial charge in [0.05, 0.1) is 16.9 Å². The first-order chi connectivity index (χ1) is 13.3. The fraction of sp³-hybridized carbons (Fsp3) is 0.143. The van der Waals surface area contributed by atoms with Crippen molar-refractivity contribution in [1.29, 1.82) is 0 Å². The number of nitrogens with two attached hydrogens (primary N) is 1. The molecule has 1 aliphatic rings. The molecule has 1 saturated heterocycles. The summed E-state index contributed by atoms with van der Waals surface area (Å²) < 4.78 is 0. The summed E-state index contributed by atoms with van der Waals surface area (Å²) >= 11 is 0.